The van der Waals surface area contributed by atoms with Gasteiger partial charge in [0.25, 0.3) is 0 Å². The van der Waals surface area contributed by atoms with Crippen LogP contribution in [0.1, 0.15) is 77.3 Å². The number of carboxylic acid groups (broad SMARTS) is 1. The SMILES string of the molecule is NS(=O)(=O)c1ccc(Cc2c(-c3ccc(F)c(C#CC4CCCC4)c3)nn(-c3nc(C(=O)O)cs3)c2C2CC2)cc1F. The first-order valence-electron chi connectivity index (χ1n) is 13.5. The van der Waals surface area contributed by atoms with E-state index in [0.717, 1.165) is 73.3 Å². The monoisotopic (exact) mass is 608 g/mol. The molecule has 2 fully saturated rings. The number of nitrogens with zero attached hydrogens (tertiary/aromatic N) is 3. The third-order valence-electron chi connectivity index (χ3n) is 7.57. The van der Waals surface area contributed by atoms with Crippen LogP contribution >= 0.6 is 11.3 Å². The smallest absolute Gasteiger partial charge is 0.355 e. The molecule has 2 aliphatic carbocycles. The summed E-state index contributed by atoms with van der Waals surface area (Å²) in [6.45, 7) is 0. The first-order valence-corrected chi connectivity index (χ1v) is 15.9. The van der Waals surface area contributed by atoms with Gasteiger partial charge >= 0.3 is 5.97 Å². The zero-order chi connectivity index (χ0) is 29.6. The number of rotatable bonds is 7. The quantitative estimate of drug-likeness (QED) is 0.262. The molecule has 6 rings (SSSR count). The lowest BCUT2D eigenvalue weighted by molar-refractivity contribution is 0.0691. The van der Waals surface area contributed by atoms with Gasteiger partial charge in [-0.1, -0.05) is 30.7 Å². The Hall–Kier alpha value is -3.92. The molecule has 12 heteroatoms. The second-order valence-corrected chi connectivity index (χ2v) is 13.0. The fourth-order valence-electron chi connectivity index (χ4n) is 5.36. The lowest BCUT2D eigenvalue weighted by Gasteiger charge is -2.09. The minimum atomic E-state index is -4.24. The van der Waals surface area contributed by atoms with Crippen molar-refractivity contribution in [3.63, 3.8) is 0 Å². The number of hydrogen-bond acceptors (Lipinski definition) is 6. The van der Waals surface area contributed by atoms with E-state index in [-0.39, 0.29) is 29.5 Å². The Morgan fingerprint density at radius 3 is 2.50 bits per heavy atom. The summed E-state index contributed by atoms with van der Waals surface area (Å²) in [5.74, 6) is 3.99. The summed E-state index contributed by atoms with van der Waals surface area (Å²) in [6.07, 6.45) is 6.16. The van der Waals surface area contributed by atoms with Crippen LogP contribution in [0, 0.1) is 29.4 Å². The maximum atomic E-state index is 14.9. The molecule has 0 unspecified atom stereocenters. The van der Waals surface area contributed by atoms with Crippen molar-refractivity contribution in [2.75, 3.05) is 0 Å². The van der Waals surface area contributed by atoms with Crippen LogP contribution in [0.5, 0.6) is 0 Å². The van der Waals surface area contributed by atoms with Gasteiger partial charge in [0.05, 0.1) is 17.0 Å². The van der Waals surface area contributed by atoms with Gasteiger partial charge < -0.3 is 5.11 Å². The normalized spacial score (nSPS) is 15.5. The van der Waals surface area contributed by atoms with Crippen molar-refractivity contribution < 1.29 is 27.1 Å². The Bertz CT molecular complexity index is 1880. The summed E-state index contributed by atoms with van der Waals surface area (Å²) in [5.41, 5.74) is 3.25. The van der Waals surface area contributed by atoms with Gasteiger partial charge in [-0.15, -0.1) is 11.3 Å². The summed E-state index contributed by atoms with van der Waals surface area (Å²) in [6, 6.07) is 8.37. The van der Waals surface area contributed by atoms with Crippen molar-refractivity contribution >= 4 is 27.3 Å². The van der Waals surface area contributed by atoms with Gasteiger partial charge in [-0.25, -0.2) is 36.8 Å². The molecule has 0 saturated heterocycles. The van der Waals surface area contributed by atoms with Crippen molar-refractivity contribution in [2.45, 2.75) is 55.8 Å². The third kappa shape index (κ3) is 5.72. The second kappa shape index (κ2) is 11.1. The topological polar surface area (TPSA) is 128 Å². The number of carboxylic acids is 1. The van der Waals surface area contributed by atoms with Gasteiger partial charge in [-0.05, 0) is 61.6 Å². The second-order valence-electron chi connectivity index (χ2n) is 10.7. The van der Waals surface area contributed by atoms with Gasteiger partial charge in [0.2, 0.25) is 15.2 Å². The summed E-state index contributed by atoms with van der Waals surface area (Å²) < 4.78 is 54.8. The standard InChI is InChI=1S/C30H26F2N4O4S2/c31-23-11-10-21(15-20(23)7-5-17-3-1-2-4-17)27-22(13-18-6-12-26(24(32)14-18)42(33,39)40)28(19-8-9-19)36(35-27)30-34-25(16-41-30)29(37)38/h6,10-12,14-17,19H,1-4,8-9,13H2,(H,37,38)(H2,33,39,40). The van der Waals surface area contributed by atoms with Crippen molar-refractivity contribution in [1.82, 2.24) is 14.8 Å². The molecule has 0 atom stereocenters. The van der Waals surface area contributed by atoms with Crippen LogP contribution in [0.25, 0.3) is 16.4 Å². The number of sulfonamides is 1. The molecule has 0 bridgehead atoms. The maximum absolute atomic E-state index is 14.9. The number of aromatic carboxylic acids is 1. The highest BCUT2D eigenvalue weighted by atomic mass is 32.2. The molecule has 0 spiro atoms. The van der Waals surface area contributed by atoms with Crippen LogP contribution in [0.3, 0.4) is 0 Å². The number of halogens is 2. The molecule has 4 aromatic rings. The van der Waals surface area contributed by atoms with Crippen molar-refractivity contribution in [1.29, 1.82) is 0 Å². The largest absolute Gasteiger partial charge is 0.476 e. The predicted octanol–water partition coefficient (Wildman–Crippen LogP) is 5.63. The lowest BCUT2D eigenvalue weighted by atomic mass is 9.96. The minimum Gasteiger partial charge on any atom is -0.476 e. The first-order chi connectivity index (χ1) is 20.1. The molecule has 0 aliphatic heterocycles. The zero-order valence-corrected chi connectivity index (χ0v) is 23.9. The molecule has 2 aromatic carbocycles. The molecular weight excluding hydrogens is 582 g/mol. The van der Waals surface area contributed by atoms with E-state index in [1.165, 1.54) is 17.5 Å². The van der Waals surface area contributed by atoms with E-state index in [1.807, 2.05) is 0 Å². The van der Waals surface area contributed by atoms with E-state index < -0.39 is 32.5 Å². The van der Waals surface area contributed by atoms with Crippen molar-refractivity contribution in [3.8, 4) is 28.2 Å². The van der Waals surface area contributed by atoms with Gasteiger partial charge in [-0.3, -0.25) is 0 Å². The molecule has 0 radical (unpaired) electrons. The van der Waals surface area contributed by atoms with Crippen LogP contribution in [-0.4, -0.2) is 34.3 Å². The van der Waals surface area contributed by atoms with E-state index in [0.29, 0.717) is 22.0 Å². The van der Waals surface area contributed by atoms with E-state index in [1.54, 1.807) is 16.8 Å². The first kappa shape index (κ1) is 28.2. The number of carbonyl (C=O) groups is 1. The van der Waals surface area contributed by atoms with E-state index in [2.05, 4.69) is 16.8 Å². The van der Waals surface area contributed by atoms with Crippen LogP contribution in [0.15, 0.2) is 46.7 Å². The predicted molar refractivity (Wildman–Crippen MR) is 153 cm³/mol. The highest BCUT2D eigenvalue weighted by molar-refractivity contribution is 7.89. The molecule has 2 aliphatic rings. The number of aromatic nitrogens is 3. The van der Waals surface area contributed by atoms with Gasteiger partial charge in [0.15, 0.2) is 5.69 Å². The Morgan fingerprint density at radius 2 is 1.86 bits per heavy atom. The van der Waals surface area contributed by atoms with Gasteiger partial charge in [0.1, 0.15) is 16.5 Å². The molecule has 0 amide bonds. The molecule has 2 aromatic heterocycles. The Morgan fingerprint density at radius 1 is 1.10 bits per heavy atom. The Kier molecular flexibility index (Phi) is 7.43. The maximum Gasteiger partial charge on any atom is 0.355 e. The average molecular weight is 609 g/mol. The van der Waals surface area contributed by atoms with Crippen LogP contribution in [0.4, 0.5) is 8.78 Å². The molecule has 8 nitrogen and oxygen atoms in total. The number of thiazole rings is 1. The molecular formula is C30H26F2N4O4S2. The number of benzene rings is 2. The molecule has 42 heavy (non-hydrogen) atoms. The summed E-state index contributed by atoms with van der Waals surface area (Å²) in [4.78, 5) is 15.2. The summed E-state index contributed by atoms with van der Waals surface area (Å²) in [5, 5.41) is 21.2. The molecule has 2 heterocycles. The molecule has 216 valence electrons. The Labute approximate surface area is 245 Å². The average Bonchev–Trinajstić information content (AvgIpc) is 3.30. The molecule has 3 N–H and O–H groups in total. The number of nitrogens with two attached hydrogens (primary N) is 1. The Balaban J connectivity index is 1.50. The lowest BCUT2D eigenvalue weighted by Crippen LogP contribution is -2.14. The zero-order valence-electron chi connectivity index (χ0n) is 22.3. The van der Waals surface area contributed by atoms with E-state index >= 15 is 0 Å². The highest BCUT2D eigenvalue weighted by Gasteiger charge is 2.34. The molecule has 2 saturated carbocycles. The minimum absolute atomic E-state index is 0.106. The van der Waals surface area contributed by atoms with Crippen LogP contribution < -0.4 is 5.14 Å². The van der Waals surface area contributed by atoms with Crippen molar-refractivity contribution in [3.05, 3.63) is 81.5 Å². The summed E-state index contributed by atoms with van der Waals surface area (Å²) >= 11 is 1.13. The van der Waals surface area contributed by atoms with Gasteiger partial charge in [-0.2, -0.15) is 5.10 Å². The van der Waals surface area contributed by atoms with Gasteiger partial charge in [0, 0.05) is 34.8 Å². The van der Waals surface area contributed by atoms with E-state index in [9.17, 15) is 27.1 Å². The van der Waals surface area contributed by atoms with E-state index in [4.69, 9.17) is 10.2 Å². The third-order valence-corrected chi connectivity index (χ3v) is 9.33. The fourth-order valence-corrected chi connectivity index (χ4v) is 6.71. The van der Waals surface area contributed by atoms with Crippen molar-refractivity contribution in [2.24, 2.45) is 11.1 Å². The number of primary sulfonamides is 1. The number of hydrogen-bond donors (Lipinski definition) is 2. The fraction of sp³-hybridized carbons (Fsp3) is 0.300. The highest BCUT2D eigenvalue weighted by Crippen LogP contribution is 2.46. The van der Waals surface area contributed by atoms with Crippen LogP contribution in [-0.2, 0) is 16.4 Å². The van der Waals surface area contributed by atoms with Crippen LogP contribution in [0.2, 0.25) is 0 Å². The summed E-state index contributed by atoms with van der Waals surface area (Å²) in [7, 11) is -4.24.